The number of ether oxygens (including phenoxy) is 1. The first-order valence-corrected chi connectivity index (χ1v) is 9.66. The smallest absolute Gasteiger partial charge is 0.206 e. The Hall–Kier alpha value is -2.52. The van der Waals surface area contributed by atoms with E-state index >= 15 is 0 Å². The number of Topliss-reactive ketones (excluding diaryl/α,β-unsaturated/α-hetero) is 1. The van der Waals surface area contributed by atoms with Crippen LogP contribution in [0, 0.1) is 11.6 Å². The fourth-order valence-electron chi connectivity index (χ4n) is 2.17. The molecule has 0 amide bonds. The molecule has 1 aromatic heterocycles. The van der Waals surface area contributed by atoms with Crippen molar-refractivity contribution >= 4 is 34.0 Å². The third-order valence-electron chi connectivity index (χ3n) is 3.56. The number of thioether (sulfide) groups is 1. The molecule has 2 aromatic carbocycles. The highest BCUT2D eigenvalue weighted by molar-refractivity contribution is 8.01. The predicted molar refractivity (Wildman–Crippen MR) is 102 cm³/mol. The third kappa shape index (κ3) is 5.24. The first-order valence-electron chi connectivity index (χ1n) is 7.86. The van der Waals surface area contributed by atoms with E-state index in [-0.39, 0.29) is 28.7 Å². The summed E-state index contributed by atoms with van der Waals surface area (Å²) in [4.78, 5) is 12.2. The molecule has 0 fully saturated rings. The van der Waals surface area contributed by atoms with Gasteiger partial charge in [0.2, 0.25) is 5.13 Å². The van der Waals surface area contributed by atoms with E-state index in [4.69, 9.17) is 4.74 Å². The Balaban J connectivity index is 1.52. The van der Waals surface area contributed by atoms with Crippen molar-refractivity contribution in [2.45, 2.75) is 10.9 Å². The number of aromatic nitrogens is 2. The summed E-state index contributed by atoms with van der Waals surface area (Å²) in [6.45, 7) is 0.490. The van der Waals surface area contributed by atoms with Gasteiger partial charge in [-0.1, -0.05) is 35.2 Å². The SMILES string of the molecule is COc1ccc(C(=O)CSc2nnc(NCc3ccc(F)cc3)s2)cc1F. The molecular weight excluding hydrogens is 392 g/mol. The molecule has 0 aliphatic heterocycles. The normalized spacial score (nSPS) is 10.6. The van der Waals surface area contributed by atoms with Crippen LogP contribution < -0.4 is 10.1 Å². The van der Waals surface area contributed by atoms with E-state index in [9.17, 15) is 13.6 Å². The summed E-state index contributed by atoms with van der Waals surface area (Å²) in [5, 5.41) is 11.7. The average Bonchev–Trinajstić information content (AvgIpc) is 3.13. The molecule has 0 radical (unpaired) electrons. The summed E-state index contributed by atoms with van der Waals surface area (Å²) in [7, 11) is 1.37. The summed E-state index contributed by atoms with van der Waals surface area (Å²) in [5.41, 5.74) is 1.19. The molecule has 3 rings (SSSR count). The van der Waals surface area contributed by atoms with E-state index in [2.05, 4.69) is 15.5 Å². The predicted octanol–water partition coefficient (Wildman–Crippen LogP) is 4.41. The zero-order chi connectivity index (χ0) is 19.2. The molecule has 140 valence electrons. The maximum absolute atomic E-state index is 13.7. The van der Waals surface area contributed by atoms with Crippen LogP contribution in [0.1, 0.15) is 15.9 Å². The molecule has 1 N–H and O–H groups in total. The Labute approximate surface area is 162 Å². The quantitative estimate of drug-likeness (QED) is 0.441. The third-order valence-corrected chi connectivity index (χ3v) is 5.58. The minimum Gasteiger partial charge on any atom is -0.494 e. The van der Waals surface area contributed by atoms with Gasteiger partial charge in [-0.15, -0.1) is 10.2 Å². The summed E-state index contributed by atoms with van der Waals surface area (Å²) in [6, 6.07) is 10.3. The molecule has 0 spiro atoms. The molecule has 0 bridgehead atoms. The van der Waals surface area contributed by atoms with Crippen LogP contribution in [0.4, 0.5) is 13.9 Å². The fourth-order valence-corrected chi connectivity index (χ4v) is 3.81. The number of methoxy groups -OCH3 is 1. The van der Waals surface area contributed by atoms with Gasteiger partial charge in [0.05, 0.1) is 12.9 Å². The summed E-state index contributed by atoms with van der Waals surface area (Å²) < 4.78 is 32.0. The van der Waals surface area contributed by atoms with Crippen LogP contribution >= 0.6 is 23.1 Å². The first kappa shape index (κ1) is 19.2. The minimum absolute atomic E-state index is 0.0974. The van der Waals surface area contributed by atoms with Crippen molar-refractivity contribution in [1.82, 2.24) is 10.2 Å². The van der Waals surface area contributed by atoms with Crippen LogP contribution in [0.5, 0.6) is 5.75 Å². The van der Waals surface area contributed by atoms with E-state index in [1.54, 1.807) is 12.1 Å². The topological polar surface area (TPSA) is 64.1 Å². The maximum Gasteiger partial charge on any atom is 0.206 e. The van der Waals surface area contributed by atoms with Gasteiger partial charge in [0.25, 0.3) is 0 Å². The van der Waals surface area contributed by atoms with Gasteiger partial charge in [0, 0.05) is 12.1 Å². The fraction of sp³-hybridized carbons (Fsp3) is 0.167. The van der Waals surface area contributed by atoms with Gasteiger partial charge in [0.15, 0.2) is 21.7 Å². The van der Waals surface area contributed by atoms with E-state index in [0.29, 0.717) is 16.0 Å². The lowest BCUT2D eigenvalue weighted by Gasteiger charge is -2.04. The molecule has 5 nitrogen and oxygen atoms in total. The number of carbonyl (C=O) groups excluding carboxylic acids is 1. The van der Waals surface area contributed by atoms with E-state index in [1.165, 1.54) is 54.5 Å². The van der Waals surface area contributed by atoms with Crippen LogP contribution in [0.3, 0.4) is 0 Å². The second-order valence-corrected chi connectivity index (χ2v) is 7.61. The molecule has 3 aromatic rings. The number of ketones is 1. The second kappa shape index (κ2) is 8.92. The van der Waals surface area contributed by atoms with Crippen molar-refractivity contribution in [3.63, 3.8) is 0 Å². The largest absolute Gasteiger partial charge is 0.494 e. The van der Waals surface area contributed by atoms with Gasteiger partial charge in [-0.2, -0.15) is 0 Å². The monoisotopic (exact) mass is 407 g/mol. The van der Waals surface area contributed by atoms with Crippen molar-refractivity contribution in [1.29, 1.82) is 0 Å². The molecule has 0 saturated heterocycles. The molecule has 0 unspecified atom stereocenters. The lowest BCUT2D eigenvalue weighted by Crippen LogP contribution is -2.03. The van der Waals surface area contributed by atoms with Gasteiger partial charge < -0.3 is 10.1 Å². The summed E-state index contributed by atoms with van der Waals surface area (Å²) in [5.74, 6) is -0.845. The maximum atomic E-state index is 13.7. The number of benzene rings is 2. The molecule has 0 aliphatic carbocycles. The number of hydrogen-bond donors (Lipinski definition) is 1. The van der Waals surface area contributed by atoms with Gasteiger partial charge in [-0.05, 0) is 35.9 Å². The number of nitrogens with zero attached hydrogens (tertiary/aromatic N) is 2. The number of halogens is 2. The standard InChI is InChI=1S/C18H15F2N3O2S2/c1-25-16-7-4-12(8-14(16)20)15(24)10-26-18-23-22-17(27-18)21-9-11-2-5-13(19)6-3-11/h2-8H,9-10H2,1H3,(H,21,22). The lowest BCUT2D eigenvalue weighted by molar-refractivity contribution is 0.102. The number of rotatable bonds is 8. The number of nitrogens with one attached hydrogen (secondary N) is 1. The molecule has 27 heavy (non-hydrogen) atoms. The highest BCUT2D eigenvalue weighted by Gasteiger charge is 2.12. The van der Waals surface area contributed by atoms with Gasteiger partial charge >= 0.3 is 0 Å². The van der Waals surface area contributed by atoms with Gasteiger partial charge in [0.1, 0.15) is 5.82 Å². The number of hydrogen-bond acceptors (Lipinski definition) is 7. The van der Waals surface area contributed by atoms with Crippen molar-refractivity contribution in [2.24, 2.45) is 0 Å². The van der Waals surface area contributed by atoms with E-state index in [0.717, 1.165) is 11.6 Å². The Morgan fingerprint density at radius 3 is 2.67 bits per heavy atom. The van der Waals surface area contributed by atoms with E-state index < -0.39 is 5.82 Å². The zero-order valence-electron chi connectivity index (χ0n) is 14.2. The van der Waals surface area contributed by atoms with Crippen LogP contribution in [0.15, 0.2) is 46.8 Å². The zero-order valence-corrected chi connectivity index (χ0v) is 15.9. The Kier molecular flexibility index (Phi) is 6.36. The summed E-state index contributed by atoms with van der Waals surface area (Å²) in [6.07, 6.45) is 0. The molecule has 0 aliphatic rings. The molecule has 9 heteroatoms. The van der Waals surface area contributed by atoms with Crippen LogP contribution in [-0.4, -0.2) is 28.8 Å². The minimum atomic E-state index is -0.573. The molecular formula is C18H15F2N3O2S2. The van der Waals surface area contributed by atoms with Crippen LogP contribution in [0.25, 0.3) is 0 Å². The number of carbonyl (C=O) groups is 1. The van der Waals surface area contributed by atoms with Gasteiger partial charge in [-0.3, -0.25) is 4.79 Å². The average molecular weight is 407 g/mol. The first-order chi connectivity index (χ1) is 13.0. The summed E-state index contributed by atoms with van der Waals surface area (Å²) >= 11 is 2.55. The highest BCUT2D eigenvalue weighted by atomic mass is 32.2. The van der Waals surface area contributed by atoms with Crippen molar-refractivity contribution in [2.75, 3.05) is 18.2 Å². The van der Waals surface area contributed by atoms with Crippen molar-refractivity contribution in [3.8, 4) is 5.75 Å². The number of anilines is 1. The molecule has 0 atom stereocenters. The van der Waals surface area contributed by atoms with Crippen LogP contribution in [-0.2, 0) is 6.54 Å². The van der Waals surface area contributed by atoms with Crippen molar-refractivity contribution < 1.29 is 18.3 Å². The Morgan fingerprint density at radius 1 is 1.19 bits per heavy atom. The Morgan fingerprint density at radius 2 is 1.96 bits per heavy atom. The van der Waals surface area contributed by atoms with E-state index in [1.807, 2.05) is 0 Å². The van der Waals surface area contributed by atoms with Crippen LogP contribution in [0.2, 0.25) is 0 Å². The highest BCUT2D eigenvalue weighted by Crippen LogP contribution is 2.27. The van der Waals surface area contributed by atoms with Crippen molar-refractivity contribution in [3.05, 3.63) is 65.2 Å². The molecule has 1 heterocycles. The lowest BCUT2D eigenvalue weighted by atomic mass is 10.1. The molecule has 0 saturated carbocycles. The Bertz CT molecular complexity index is 933. The van der Waals surface area contributed by atoms with Gasteiger partial charge in [-0.25, -0.2) is 8.78 Å². The second-order valence-electron chi connectivity index (χ2n) is 5.41.